The van der Waals surface area contributed by atoms with Crippen molar-refractivity contribution in [2.75, 3.05) is 6.61 Å². The first-order valence-corrected chi connectivity index (χ1v) is 7.71. The van der Waals surface area contributed by atoms with Gasteiger partial charge in [0.15, 0.2) is 0 Å². The Morgan fingerprint density at radius 2 is 2.25 bits per heavy atom. The van der Waals surface area contributed by atoms with Crippen LogP contribution in [0.25, 0.3) is 0 Å². The first kappa shape index (κ1) is 13.9. The first-order valence-electron chi connectivity index (χ1n) is 6.91. The lowest BCUT2D eigenvalue weighted by Crippen LogP contribution is -2.48. The number of hydrogen-bond acceptors (Lipinski definition) is 3. The molecule has 1 unspecified atom stereocenters. The third kappa shape index (κ3) is 2.69. The number of halogens is 1. The SMILES string of the molecule is O=C(O)c1ccc(OC2CCOC3(CCC3)C2)c(Br)c1. The molecule has 1 saturated carbocycles. The number of rotatable bonds is 3. The van der Waals surface area contributed by atoms with E-state index in [9.17, 15) is 4.79 Å². The van der Waals surface area contributed by atoms with Gasteiger partial charge in [0.1, 0.15) is 11.9 Å². The minimum Gasteiger partial charge on any atom is -0.489 e. The van der Waals surface area contributed by atoms with E-state index in [1.54, 1.807) is 18.2 Å². The van der Waals surface area contributed by atoms with Gasteiger partial charge in [0.25, 0.3) is 0 Å². The molecule has 2 aliphatic rings. The van der Waals surface area contributed by atoms with Gasteiger partial charge in [-0.05, 0) is 53.4 Å². The zero-order chi connectivity index (χ0) is 14.2. The van der Waals surface area contributed by atoms with Gasteiger partial charge in [0, 0.05) is 12.8 Å². The smallest absolute Gasteiger partial charge is 0.335 e. The van der Waals surface area contributed by atoms with Crippen LogP contribution in [-0.4, -0.2) is 29.4 Å². The summed E-state index contributed by atoms with van der Waals surface area (Å²) >= 11 is 3.38. The van der Waals surface area contributed by atoms with Crippen LogP contribution in [-0.2, 0) is 4.74 Å². The molecule has 1 aliphatic heterocycles. The van der Waals surface area contributed by atoms with Crippen molar-refractivity contribution in [1.82, 2.24) is 0 Å². The average molecular weight is 341 g/mol. The first-order chi connectivity index (χ1) is 9.58. The number of aromatic carboxylic acids is 1. The van der Waals surface area contributed by atoms with Crippen molar-refractivity contribution in [1.29, 1.82) is 0 Å². The predicted molar refractivity (Wildman–Crippen MR) is 77.3 cm³/mol. The summed E-state index contributed by atoms with van der Waals surface area (Å²) in [6.07, 6.45) is 5.47. The van der Waals surface area contributed by atoms with E-state index < -0.39 is 5.97 Å². The summed E-state index contributed by atoms with van der Waals surface area (Å²) in [6.45, 7) is 0.746. The van der Waals surface area contributed by atoms with E-state index in [2.05, 4.69) is 15.9 Å². The average Bonchev–Trinajstić information content (AvgIpc) is 2.39. The number of carboxylic acids is 1. The van der Waals surface area contributed by atoms with Crippen LogP contribution in [0, 0.1) is 0 Å². The van der Waals surface area contributed by atoms with E-state index in [-0.39, 0.29) is 17.3 Å². The second kappa shape index (κ2) is 5.37. The number of hydrogen-bond donors (Lipinski definition) is 1. The second-order valence-corrected chi connectivity index (χ2v) is 6.42. The van der Waals surface area contributed by atoms with Crippen LogP contribution in [0.2, 0.25) is 0 Å². The van der Waals surface area contributed by atoms with E-state index in [1.807, 2.05) is 0 Å². The van der Waals surface area contributed by atoms with Crippen LogP contribution in [0.5, 0.6) is 5.75 Å². The lowest BCUT2D eigenvalue weighted by Gasteiger charge is -2.46. The largest absolute Gasteiger partial charge is 0.489 e. The lowest BCUT2D eigenvalue weighted by atomic mass is 9.74. The maximum absolute atomic E-state index is 10.9. The topological polar surface area (TPSA) is 55.8 Å². The molecule has 0 aromatic heterocycles. The molecule has 108 valence electrons. The quantitative estimate of drug-likeness (QED) is 0.912. The maximum Gasteiger partial charge on any atom is 0.335 e. The number of carbonyl (C=O) groups is 1. The minimum absolute atomic E-state index is 0.0520. The summed E-state index contributed by atoms with van der Waals surface area (Å²) in [5.41, 5.74) is 0.308. The van der Waals surface area contributed by atoms with Crippen LogP contribution < -0.4 is 4.74 Å². The molecular weight excluding hydrogens is 324 g/mol. The van der Waals surface area contributed by atoms with Gasteiger partial charge in [-0.3, -0.25) is 0 Å². The minimum atomic E-state index is -0.934. The van der Waals surface area contributed by atoms with Crippen molar-refractivity contribution in [2.45, 2.75) is 43.8 Å². The number of benzene rings is 1. The van der Waals surface area contributed by atoms with Crippen molar-refractivity contribution < 1.29 is 19.4 Å². The van der Waals surface area contributed by atoms with Crippen molar-refractivity contribution in [3.8, 4) is 5.75 Å². The molecule has 0 radical (unpaired) electrons. The summed E-state index contributed by atoms with van der Waals surface area (Å²) in [4.78, 5) is 10.9. The third-order valence-corrected chi connectivity index (χ3v) is 4.80. The summed E-state index contributed by atoms with van der Waals surface area (Å²) < 4.78 is 12.6. The highest BCUT2D eigenvalue weighted by atomic mass is 79.9. The Balaban J connectivity index is 1.69. The van der Waals surface area contributed by atoms with Crippen molar-refractivity contribution in [3.05, 3.63) is 28.2 Å². The molecule has 1 N–H and O–H groups in total. The Labute approximate surface area is 126 Å². The molecule has 1 atom stereocenters. The van der Waals surface area contributed by atoms with Crippen LogP contribution in [0.1, 0.15) is 42.5 Å². The summed E-state index contributed by atoms with van der Waals surface area (Å²) in [7, 11) is 0. The molecule has 1 aliphatic carbocycles. The number of carboxylic acid groups (broad SMARTS) is 1. The van der Waals surface area contributed by atoms with E-state index in [0.29, 0.717) is 10.2 Å². The molecular formula is C15H17BrO4. The van der Waals surface area contributed by atoms with Crippen LogP contribution in [0.3, 0.4) is 0 Å². The van der Waals surface area contributed by atoms with E-state index in [1.165, 1.54) is 6.42 Å². The predicted octanol–water partition coefficient (Wildman–Crippen LogP) is 3.63. The van der Waals surface area contributed by atoms with Gasteiger partial charge in [-0.25, -0.2) is 4.79 Å². The normalized spacial score (nSPS) is 24.1. The Morgan fingerprint density at radius 1 is 1.45 bits per heavy atom. The standard InChI is InChI=1S/C15H17BrO4/c16-12-8-10(14(17)18)2-3-13(12)20-11-4-7-19-15(9-11)5-1-6-15/h2-3,8,11H,1,4-7,9H2,(H,17,18). The fourth-order valence-electron chi connectivity index (χ4n) is 2.91. The molecule has 4 nitrogen and oxygen atoms in total. The van der Waals surface area contributed by atoms with Crippen LogP contribution in [0.15, 0.2) is 22.7 Å². The van der Waals surface area contributed by atoms with Gasteiger partial charge in [-0.15, -0.1) is 0 Å². The van der Waals surface area contributed by atoms with Gasteiger partial charge >= 0.3 is 5.97 Å². The van der Waals surface area contributed by atoms with Gasteiger partial charge in [0.2, 0.25) is 0 Å². The monoisotopic (exact) mass is 340 g/mol. The van der Waals surface area contributed by atoms with E-state index >= 15 is 0 Å². The molecule has 1 heterocycles. The molecule has 2 fully saturated rings. The molecule has 1 aromatic carbocycles. The maximum atomic E-state index is 10.9. The van der Waals surface area contributed by atoms with Crippen molar-refractivity contribution in [2.24, 2.45) is 0 Å². The molecule has 5 heteroatoms. The number of ether oxygens (including phenoxy) is 2. The van der Waals surface area contributed by atoms with Crippen LogP contribution >= 0.6 is 15.9 Å². The Kier molecular flexibility index (Phi) is 3.73. The molecule has 0 bridgehead atoms. The Morgan fingerprint density at radius 3 is 2.85 bits per heavy atom. The molecule has 20 heavy (non-hydrogen) atoms. The molecule has 1 aromatic rings. The van der Waals surface area contributed by atoms with Crippen LogP contribution in [0.4, 0.5) is 0 Å². The Hall–Kier alpha value is -1.07. The van der Waals surface area contributed by atoms with E-state index in [4.69, 9.17) is 14.6 Å². The fraction of sp³-hybridized carbons (Fsp3) is 0.533. The van der Waals surface area contributed by atoms with Gasteiger partial charge in [-0.1, -0.05) is 0 Å². The summed E-state index contributed by atoms with van der Waals surface area (Å²) in [5.74, 6) is -0.229. The summed E-state index contributed by atoms with van der Waals surface area (Å²) in [6, 6.07) is 4.87. The highest BCUT2D eigenvalue weighted by Crippen LogP contribution is 2.43. The summed E-state index contributed by atoms with van der Waals surface area (Å²) in [5, 5.41) is 8.95. The van der Waals surface area contributed by atoms with Crippen molar-refractivity contribution >= 4 is 21.9 Å². The van der Waals surface area contributed by atoms with Gasteiger partial charge in [-0.2, -0.15) is 0 Å². The third-order valence-electron chi connectivity index (χ3n) is 4.19. The molecule has 0 amide bonds. The highest BCUT2D eigenvalue weighted by Gasteiger charge is 2.43. The fourth-order valence-corrected chi connectivity index (χ4v) is 3.38. The zero-order valence-corrected chi connectivity index (χ0v) is 12.7. The lowest BCUT2D eigenvalue weighted by molar-refractivity contribution is -0.153. The highest BCUT2D eigenvalue weighted by molar-refractivity contribution is 9.10. The molecule has 3 rings (SSSR count). The molecule has 1 spiro atoms. The van der Waals surface area contributed by atoms with Gasteiger partial charge in [0.05, 0.1) is 22.2 Å². The van der Waals surface area contributed by atoms with E-state index in [0.717, 1.165) is 32.3 Å². The van der Waals surface area contributed by atoms with Crippen molar-refractivity contribution in [3.63, 3.8) is 0 Å². The Bertz CT molecular complexity index is 525. The second-order valence-electron chi connectivity index (χ2n) is 5.57. The molecule has 1 saturated heterocycles. The zero-order valence-electron chi connectivity index (χ0n) is 11.1. The van der Waals surface area contributed by atoms with Gasteiger partial charge < -0.3 is 14.6 Å².